The third-order valence-electron chi connectivity index (χ3n) is 5.97. The monoisotopic (exact) mass is 334 g/mol. The third kappa shape index (κ3) is 2.63. The molecule has 1 aromatic carbocycles. The third-order valence-corrected chi connectivity index (χ3v) is 6.42. The summed E-state index contributed by atoms with van der Waals surface area (Å²) in [4.78, 5) is 12.7. The number of carbonyl (C=O) groups excluding carboxylic acids is 1. The first-order chi connectivity index (χ1) is 11.0. The minimum Gasteiger partial charge on any atom is -0.496 e. The van der Waals surface area contributed by atoms with Gasteiger partial charge in [0.1, 0.15) is 12.4 Å². The molecule has 4 bridgehead atoms. The van der Waals surface area contributed by atoms with E-state index < -0.39 is 0 Å². The lowest BCUT2D eigenvalue weighted by molar-refractivity contribution is -0.171. The molecule has 4 aliphatic carbocycles. The van der Waals surface area contributed by atoms with Crippen LogP contribution in [0, 0.1) is 17.3 Å². The molecule has 4 fully saturated rings. The van der Waals surface area contributed by atoms with Gasteiger partial charge in [0, 0.05) is 10.4 Å². The molecule has 1 aromatic rings. The lowest BCUT2D eigenvalue weighted by Crippen LogP contribution is -2.56. The standard InChI is InChI=1S/C19H23ClO3/c1-22-16-5-3-2-4-15(16)11-23-17(21)18-7-13-6-14(8-18)10-19(20,9-13)12-18/h2-5,13-14H,6-12H2,1H3/t13-,14+,18?,19?. The van der Waals surface area contributed by atoms with Gasteiger partial charge in [-0.05, 0) is 56.4 Å². The van der Waals surface area contributed by atoms with Crippen molar-refractivity contribution in [3.8, 4) is 5.75 Å². The molecule has 4 atom stereocenters. The van der Waals surface area contributed by atoms with Crippen molar-refractivity contribution in [1.82, 2.24) is 0 Å². The molecule has 4 aliphatic rings. The summed E-state index contributed by atoms with van der Waals surface area (Å²) in [7, 11) is 1.64. The van der Waals surface area contributed by atoms with E-state index in [1.807, 2.05) is 24.3 Å². The number of ether oxygens (including phenoxy) is 2. The van der Waals surface area contributed by atoms with Crippen LogP contribution < -0.4 is 4.74 Å². The first-order valence-corrected chi connectivity index (χ1v) is 8.88. The largest absolute Gasteiger partial charge is 0.496 e. The lowest BCUT2D eigenvalue weighted by Gasteiger charge is -2.58. The zero-order chi connectivity index (χ0) is 16.1. The Kier molecular flexibility index (Phi) is 3.60. The number of hydrogen-bond acceptors (Lipinski definition) is 3. The normalized spacial score (nSPS) is 37.7. The van der Waals surface area contributed by atoms with Gasteiger partial charge in [0.15, 0.2) is 0 Å². The van der Waals surface area contributed by atoms with Crippen molar-refractivity contribution in [2.24, 2.45) is 17.3 Å². The molecule has 4 saturated carbocycles. The summed E-state index contributed by atoms with van der Waals surface area (Å²) in [6, 6.07) is 7.68. The maximum Gasteiger partial charge on any atom is 0.312 e. The molecular formula is C19H23ClO3. The molecule has 0 radical (unpaired) electrons. The Labute approximate surface area is 142 Å². The van der Waals surface area contributed by atoms with Gasteiger partial charge in [0.25, 0.3) is 0 Å². The van der Waals surface area contributed by atoms with Crippen LogP contribution in [0.25, 0.3) is 0 Å². The fraction of sp³-hybridized carbons (Fsp3) is 0.632. The first-order valence-electron chi connectivity index (χ1n) is 8.50. The molecule has 0 N–H and O–H groups in total. The second-order valence-corrected chi connectivity index (χ2v) is 8.58. The molecule has 124 valence electrons. The number of benzene rings is 1. The number of alkyl halides is 1. The van der Waals surface area contributed by atoms with Crippen LogP contribution in [0.15, 0.2) is 24.3 Å². The predicted molar refractivity (Wildman–Crippen MR) is 88.5 cm³/mol. The Balaban J connectivity index is 1.49. The van der Waals surface area contributed by atoms with Crippen LogP contribution in [0.4, 0.5) is 0 Å². The molecule has 23 heavy (non-hydrogen) atoms. The molecule has 0 saturated heterocycles. The number of methoxy groups -OCH3 is 1. The zero-order valence-corrected chi connectivity index (χ0v) is 14.3. The van der Waals surface area contributed by atoms with Crippen LogP contribution in [0.3, 0.4) is 0 Å². The molecule has 0 aromatic heterocycles. The molecule has 3 nitrogen and oxygen atoms in total. The lowest BCUT2D eigenvalue weighted by atomic mass is 9.49. The van der Waals surface area contributed by atoms with Gasteiger partial charge in [-0.1, -0.05) is 18.2 Å². The highest BCUT2D eigenvalue weighted by Gasteiger charge is 2.60. The van der Waals surface area contributed by atoms with Crippen LogP contribution in [0.1, 0.15) is 44.1 Å². The van der Waals surface area contributed by atoms with Crippen molar-refractivity contribution in [1.29, 1.82) is 0 Å². The molecular weight excluding hydrogens is 312 g/mol. The highest BCUT2D eigenvalue weighted by atomic mass is 35.5. The van der Waals surface area contributed by atoms with Gasteiger partial charge in [-0.3, -0.25) is 4.79 Å². The second kappa shape index (κ2) is 5.41. The summed E-state index contributed by atoms with van der Waals surface area (Å²) in [6.07, 6.45) is 6.11. The molecule has 0 aliphatic heterocycles. The molecule has 5 rings (SSSR count). The summed E-state index contributed by atoms with van der Waals surface area (Å²) >= 11 is 6.80. The Morgan fingerprint density at radius 3 is 2.57 bits per heavy atom. The Morgan fingerprint density at radius 1 is 1.22 bits per heavy atom. The maximum absolute atomic E-state index is 12.9. The topological polar surface area (TPSA) is 35.5 Å². The van der Waals surface area contributed by atoms with Crippen LogP contribution in [0.5, 0.6) is 5.75 Å². The summed E-state index contributed by atoms with van der Waals surface area (Å²) in [5.41, 5.74) is 0.571. The zero-order valence-electron chi connectivity index (χ0n) is 13.5. The summed E-state index contributed by atoms with van der Waals surface area (Å²) in [5.74, 6) is 1.92. The van der Waals surface area contributed by atoms with Gasteiger partial charge in [0.2, 0.25) is 0 Å². The van der Waals surface area contributed by atoms with Gasteiger partial charge >= 0.3 is 5.97 Å². The number of carbonyl (C=O) groups is 1. The highest BCUT2D eigenvalue weighted by Crippen LogP contribution is 2.64. The molecule has 2 unspecified atom stereocenters. The number of para-hydroxylation sites is 1. The van der Waals surface area contributed by atoms with Crippen LogP contribution in [-0.4, -0.2) is 18.0 Å². The quantitative estimate of drug-likeness (QED) is 0.607. The number of hydrogen-bond donors (Lipinski definition) is 0. The predicted octanol–water partition coefficient (Wildman–Crippen LogP) is 4.32. The minimum atomic E-state index is -0.339. The fourth-order valence-corrected chi connectivity index (χ4v) is 6.20. The van der Waals surface area contributed by atoms with Gasteiger partial charge in [-0.2, -0.15) is 0 Å². The Morgan fingerprint density at radius 2 is 1.91 bits per heavy atom. The van der Waals surface area contributed by atoms with Gasteiger partial charge in [-0.15, -0.1) is 11.6 Å². The average molecular weight is 335 g/mol. The maximum atomic E-state index is 12.9. The number of rotatable bonds is 4. The van der Waals surface area contributed by atoms with Crippen molar-refractivity contribution in [3.63, 3.8) is 0 Å². The van der Waals surface area contributed by atoms with Crippen molar-refractivity contribution in [3.05, 3.63) is 29.8 Å². The Hall–Kier alpha value is -1.22. The van der Waals surface area contributed by atoms with E-state index in [1.54, 1.807) is 7.11 Å². The SMILES string of the molecule is COc1ccccc1COC(=O)C12C[C@@H]3C[C@@H](CC(Cl)(C3)C1)C2. The van der Waals surface area contributed by atoms with E-state index in [0.717, 1.165) is 43.4 Å². The van der Waals surface area contributed by atoms with E-state index in [1.165, 1.54) is 6.42 Å². The van der Waals surface area contributed by atoms with Crippen LogP contribution >= 0.6 is 11.6 Å². The van der Waals surface area contributed by atoms with E-state index in [4.69, 9.17) is 21.1 Å². The smallest absolute Gasteiger partial charge is 0.312 e. The molecule has 4 heteroatoms. The van der Waals surface area contributed by atoms with Crippen molar-refractivity contribution in [2.45, 2.75) is 50.0 Å². The number of halogens is 1. The van der Waals surface area contributed by atoms with Crippen molar-refractivity contribution < 1.29 is 14.3 Å². The summed E-state index contributed by atoms with van der Waals surface area (Å²) in [6.45, 7) is 0.273. The van der Waals surface area contributed by atoms with E-state index >= 15 is 0 Å². The van der Waals surface area contributed by atoms with E-state index in [0.29, 0.717) is 11.8 Å². The Bertz CT molecular complexity index is 613. The summed E-state index contributed by atoms with van der Waals surface area (Å²) < 4.78 is 11.1. The van der Waals surface area contributed by atoms with E-state index in [2.05, 4.69) is 0 Å². The van der Waals surface area contributed by atoms with Gasteiger partial charge < -0.3 is 9.47 Å². The van der Waals surface area contributed by atoms with Gasteiger partial charge in [0.05, 0.1) is 12.5 Å². The number of esters is 1. The minimum absolute atomic E-state index is 0.0532. The van der Waals surface area contributed by atoms with Crippen molar-refractivity contribution >= 4 is 17.6 Å². The highest BCUT2D eigenvalue weighted by molar-refractivity contribution is 6.24. The fourth-order valence-electron chi connectivity index (χ4n) is 5.51. The van der Waals surface area contributed by atoms with Crippen LogP contribution in [-0.2, 0) is 16.1 Å². The van der Waals surface area contributed by atoms with E-state index in [-0.39, 0.29) is 22.9 Å². The first kappa shape index (κ1) is 15.3. The van der Waals surface area contributed by atoms with Crippen LogP contribution in [0.2, 0.25) is 0 Å². The van der Waals surface area contributed by atoms with Gasteiger partial charge in [-0.25, -0.2) is 0 Å². The second-order valence-electron chi connectivity index (χ2n) is 7.78. The van der Waals surface area contributed by atoms with Crippen molar-refractivity contribution in [2.75, 3.05) is 7.11 Å². The van der Waals surface area contributed by atoms with E-state index in [9.17, 15) is 4.79 Å². The molecule has 0 spiro atoms. The summed E-state index contributed by atoms with van der Waals surface area (Å²) in [5, 5.41) is 0. The molecule has 0 amide bonds. The average Bonchev–Trinajstić information content (AvgIpc) is 2.50. The molecule has 0 heterocycles.